The number of hydrogen-bond acceptors (Lipinski definition) is 5. The van der Waals surface area contributed by atoms with Crippen molar-refractivity contribution in [1.82, 2.24) is 15.1 Å². The highest BCUT2D eigenvalue weighted by Gasteiger charge is 2.38. The summed E-state index contributed by atoms with van der Waals surface area (Å²) in [5, 5.41) is 20.1. The molecular formula is C13H19ClN4O2S. The van der Waals surface area contributed by atoms with Crippen molar-refractivity contribution in [2.24, 2.45) is 0 Å². The average molecular weight is 331 g/mol. The van der Waals surface area contributed by atoms with Crippen LogP contribution < -0.4 is 4.90 Å². The van der Waals surface area contributed by atoms with Crippen molar-refractivity contribution < 1.29 is 9.90 Å². The normalized spacial score (nSPS) is 30.2. The summed E-state index contributed by atoms with van der Waals surface area (Å²) in [5.41, 5.74) is 0. The van der Waals surface area contributed by atoms with E-state index in [0.717, 1.165) is 30.7 Å². The van der Waals surface area contributed by atoms with E-state index in [1.807, 2.05) is 6.92 Å². The number of aliphatic hydroxyl groups is 1. The summed E-state index contributed by atoms with van der Waals surface area (Å²) in [6, 6.07) is -0.197. The number of urea groups is 1. The molecule has 2 amide bonds. The van der Waals surface area contributed by atoms with Crippen LogP contribution in [-0.2, 0) is 0 Å². The second kappa shape index (κ2) is 6.06. The van der Waals surface area contributed by atoms with Gasteiger partial charge in [0.1, 0.15) is 5.01 Å². The summed E-state index contributed by atoms with van der Waals surface area (Å²) in [7, 11) is 0. The number of aliphatic hydroxyl groups excluding tert-OH is 1. The van der Waals surface area contributed by atoms with Gasteiger partial charge in [0.05, 0.1) is 6.54 Å². The summed E-state index contributed by atoms with van der Waals surface area (Å²) in [6.45, 7) is 2.80. The first-order valence-electron chi connectivity index (χ1n) is 7.33. The minimum absolute atomic E-state index is 0.197. The summed E-state index contributed by atoms with van der Waals surface area (Å²) >= 11 is 7.54. The Morgan fingerprint density at radius 2 is 2.05 bits per heavy atom. The number of likely N-dealkylation sites (N-methyl/N-ethyl adjacent to an activating group) is 1. The number of alkyl halides is 1. The zero-order valence-electron chi connectivity index (χ0n) is 11.9. The van der Waals surface area contributed by atoms with Crippen molar-refractivity contribution in [3.05, 3.63) is 5.01 Å². The first-order chi connectivity index (χ1) is 10.1. The third-order valence-corrected chi connectivity index (χ3v) is 5.70. The molecule has 0 spiro atoms. The highest BCUT2D eigenvalue weighted by atomic mass is 35.5. The molecular weight excluding hydrogens is 312 g/mol. The molecule has 1 saturated heterocycles. The molecule has 6 nitrogen and oxygen atoms in total. The smallest absolute Gasteiger partial charge is 0.328 e. The molecule has 8 heteroatoms. The lowest BCUT2D eigenvalue weighted by Gasteiger charge is -2.22. The number of rotatable bonds is 3. The van der Waals surface area contributed by atoms with Crippen LogP contribution in [0, 0.1) is 0 Å². The van der Waals surface area contributed by atoms with Crippen molar-refractivity contribution in [3.63, 3.8) is 0 Å². The second-order valence-corrected chi connectivity index (χ2v) is 7.15. The highest BCUT2D eigenvalue weighted by Crippen LogP contribution is 2.38. The van der Waals surface area contributed by atoms with E-state index in [4.69, 9.17) is 11.6 Å². The number of carbonyl (C=O) groups excluding carboxylic acids is 1. The number of amides is 2. The Bertz CT molecular complexity index is 518. The maximum Gasteiger partial charge on any atom is 0.328 e. The molecule has 0 radical (unpaired) electrons. The number of β-amino-alcohol motifs (C(OH)–C–C–N with tert-alkyl or cyclic N) is 1. The Labute approximate surface area is 132 Å². The van der Waals surface area contributed by atoms with Crippen LogP contribution in [0.5, 0.6) is 0 Å². The van der Waals surface area contributed by atoms with E-state index in [-0.39, 0.29) is 11.4 Å². The van der Waals surface area contributed by atoms with E-state index in [2.05, 4.69) is 10.2 Å². The summed E-state index contributed by atoms with van der Waals surface area (Å²) in [6.07, 6.45) is 3.18. The largest absolute Gasteiger partial charge is 0.371 e. The van der Waals surface area contributed by atoms with E-state index in [1.165, 1.54) is 16.2 Å². The molecule has 116 valence electrons. The van der Waals surface area contributed by atoms with Gasteiger partial charge in [0, 0.05) is 17.8 Å². The maximum absolute atomic E-state index is 12.2. The second-order valence-electron chi connectivity index (χ2n) is 5.54. The highest BCUT2D eigenvalue weighted by molar-refractivity contribution is 7.15. The number of aromatic nitrogens is 2. The van der Waals surface area contributed by atoms with Crippen molar-refractivity contribution in [2.75, 3.05) is 18.0 Å². The fourth-order valence-electron chi connectivity index (χ4n) is 2.90. The van der Waals surface area contributed by atoms with Gasteiger partial charge in [-0.3, -0.25) is 0 Å². The molecule has 2 fully saturated rings. The number of nitrogens with zero attached hydrogens (tertiary/aromatic N) is 4. The van der Waals surface area contributed by atoms with E-state index in [0.29, 0.717) is 24.1 Å². The SMILES string of the molecule is CCN1CC(O)N(c2nnc(C3CCC(Cl)CC3)s2)C1=O. The quantitative estimate of drug-likeness (QED) is 0.864. The Morgan fingerprint density at radius 3 is 2.67 bits per heavy atom. The van der Waals surface area contributed by atoms with Crippen molar-refractivity contribution in [3.8, 4) is 0 Å². The Hall–Kier alpha value is -0.920. The lowest BCUT2D eigenvalue weighted by molar-refractivity contribution is 0.178. The number of hydrogen-bond donors (Lipinski definition) is 1. The maximum atomic E-state index is 12.2. The molecule has 2 heterocycles. The third-order valence-electron chi connectivity index (χ3n) is 4.18. The molecule has 1 atom stereocenters. The van der Waals surface area contributed by atoms with Gasteiger partial charge in [0.15, 0.2) is 6.23 Å². The van der Waals surface area contributed by atoms with E-state index in [9.17, 15) is 9.90 Å². The van der Waals surface area contributed by atoms with E-state index < -0.39 is 6.23 Å². The van der Waals surface area contributed by atoms with Crippen molar-refractivity contribution >= 4 is 34.1 Å². The van der Waals surface area contributed by atoms with Gasteiger partial charge in [-0.15, -0.1) is 21.8 Å². The van der Waals surface area contributed by atoms with Crippen molar-refractivity contribution in [2.45, 2.75) is 50.1 Å². The molecule has 1 aromatic heterocycles. The number of halogens is 1. The Morgan fingerprint density at radius 1 is 1.33 bits per heavy atom. The average Bonchev–Trinajstić information content (AvgIpc) is 3.04. The predicted molar refractivity (Wildman–Crippen MR) is 81.9 cm³/mol. The predicted octanol–water partition coefficient (Wildman–Crippen LogP) is 2.38. The zero-order chi connectivity index (χ0) is 15.0. The van der Waals surface area contributed by atoms with Gasteiger partial charge in [-0.2, -0.15) is 0 Å². The number of carbonyl (C=O) groups is 1. The van der Waals surface area contributed by atoms with Gasteiger partial charge in [-0.25, -0.2) is 9.69 Å². The molecule has 1 N–H and O–H groups in total. The summed E-state index contributed by atoms with van der Waals surface area (Å²) in [5.74, 6) is 0.378. The zero-order valence-corrected chi connectivity index (χ0v) is 13.5. The van der Waals surface area contributed by atoms with Gasteiger partial charge in [-0.1, -0.05) is 11.3 Å². The molecule has 3 rings (SSSR count). The van der Waals surface area contributed by atoms with E-state index >= 15 is 0 Å². The Kier molecular flexibility index (Phi) is 4.33. The molecule has 0 bridgehead atoms. The van der Waals surface area contributed by atoms with Crippen molar-refractivity contribution in [1.29, 1.82) is 0 Å². The fraction of sp³-hybridized carbons (Fsp3) is 0.769. The topological polar surface area (TPSA) is 69.6 Å². The molecule has 1 saturated carbocycles. The Balaban J connectivity index is 1.74. The molecule has 1 unspecified atom stereocenters. The molecule has 1 aliphatic carbocycles. The third kappa shape index (κ3) is 2.86. The molecule has 1 aromatic rings. The van der Waals surface area contributed by atoms with Crippen LogP contribution in [0.2, 0.25) is 0 Å². The van der Waals surface area contributed by atoms with E-state index in [1.54, 1.807) is 4.90 Å². The monoisotopic (exact) mass is 330 g/mol. The molecule has 21 heavy (non-hydrogen) atoms. The molecule has 1 aliphatic heterocycles. The standard InChI is InChI=1S/C13H19ClN4O2S/c1-2-17-7-10(19)18(13(17)20)12-16-15-11(21-12)8-3-5-9(14)6-4-8/h8-10,19H,2-7H2,1H3. The van der Waals surface area contributed by atoms with Crippen LogP contribution in [0.15, 0.2) is 0 Å². The minimum Gasteiger partial charge on any atom is -0.371 e. The van der Waals surface area contributed by atoms with Gasteiger partial charge in [0.25, 0.3) is 0 Å². The first-order valence-corrected chi connectivity index (χ1v) is 8.59. The van der Waals surface area contributed by atoms with Crippen LogP contribution in [0.1, 0.15) is 43.5 Å². The lowest BCUT2D eigenvalue weighted by Crippen LogP contribution is -2.34. The first kappa shape index (κ1) is 15.0. The minimum atomic E-state index is -0.836. The molecule has 2 aliphatic rings. The van der Waals surface area contributed by atoms with Crippen LogP contribution >= 0.6 is 22.9 Å². The van der Waals surface area contributed by atoms with Crippen LogP contribution in [0.25, 0.3) is 0 Å². The van der Waals surface area contributed by atoms with Gasteiger partial charge < -0.3 is 10.0 Å². The van der Waals surface area contributed by atoms with Gasteiger partial charge in [-0.05, 0) is 32.6 Å². The van der Waals surface area contributed by atoms with Crippen LogP contribution in [-0.4, -0.2) is 50.9 Å². The molecule has 0 aromatic carbocycles. The lowest BCUT2D eigenvalue weighted by atomic mass is 9.89. The summed E-state index contributed by atoms with van der Waals surface area (Å²) in [4.78, 5) is 15.1. The van der Waals surface area contributed by atoms with Gasteiger partial charge >= 0.3 is 6.03 Å². The summed E-state index contributed by atoms with van der Waals surface area (Å²) < 4.78 is 0. The fourth-order valence-corrected chi connectivity index (χ4v) is 4.20. The number of anilines is 1. The van der Waals surface area contributed by atoms with Crippen LogP contribution in [0.3, 0.4) is 0 Å². The van der Waals surface area contributed by atoms with Gasteiger partial charge in [0.2, 0.25) is 5.13 Å². The van der Waals surface area contributed by atoms with Crippen LogP contribution in [0.4, 0.5) is 9.93 Å².